The first-order valence-corrected chi connectivity index (χ1v) is 8.41. The van der Waals surface area contributed by atoms with E-state index >= 15 is 0 Å². The maximum Gasteiger partial charge on any atom is 0.239 e. The summed E-state index contributed by atoms with van der Waals surface area (Å²) < 4.78 is 0. The molecule has 24 heavy (non-hydrogen) atoms. The molecule has 1 atom stereocenters. The monoisotopic (exact) mass is 329 g/mol. The number of benzene rings is 1. The van der Waals surface area contributed by atoms with Crippen molar-refractivity contribution in [3.63, 3.8) is 0 Å². The normalized spacial score (nSPS) is 21.7. The van der Waals surface area contributed by atoms with Gasteiger partial charge in [0.2, 0.25) is 17.7 Å². The van der Waals surface area contributed by atoms with E-state index in [1.54, 1.807) is 9.80 Å². The maximum absolute atomic E-state index is 12.7. The third-order valence-electron chi connectivity index (χ3n) is 4.93. The molecular weight excluding hydrogens is 306 g/mol. The van der Waals surface area contributed by atoms with Crippen molar-refractivity contribution in [3.8, 4) is 0 Å². The van der Waals surface area contributed by atoms with Crippen molar-refractivity contribution in [2.45, 2.75) is 26.7 Å². The fourth-order valence-corrected chi connectivity index (χ4v) is 3.27. The van der Waals surface area contributed by atoms with Gasteiger partial charge in [-0.25, -0.2) is 0 Å². The molecule has 2 aliphatic rings. The van der Waals surface area contributed by atoms with Crippen LogP contribution in [0.25, 0.3) is 0 Å². The van der Waals surface area contributed by atoms with Crippen LogP contribution in [0.1, 0.15) is 24.0 Å². The van der Waals surface area contributed by atoms with Crippen LogP contribution < -0.4 is 10.2 Å². The first-order valence-electron chi connectivity index (χ1n) is 8.41. The van der Waals surface area contributed by atoms with E-state index in [0.717, 1.165) is 11.3 Å². The van der Waals surface area contributed by atoms with Crippen molar-refractivity contribution in [2.24, 2.45) is 5.92 Å². The van der Waals surface area contributed by atoms with Gasteiger partial charge in [0.15, 0.2) is 0 Å². The fraction of sp³-hybridized carbons (Fsp3) is 0.500. The molecule has 2 aliphatic heterocycles. The number of carbonyl (C=O) groups is 3. The summed E-state index contributed by atoms with van der Waals surface area (Å²) in [6, 6.07) is 5.93. The highest BCUT2D eigenvalue weighted by Crippen LogP contribution is 2.28. The Morgan fingerprint density at radius 1 is 1.12 bits per heavy atom. The lowest BCUT2D eigenvalue weighted by molar-refractivity contribution is -0.139. The Morgan fingerprint density at radius 3 is 2.67 bits per heavy atom. The molecule has 6 nitrogen and oxygen atoms in total. The smallest absolute Gasteiger partial charge is 0.239 e. The number of hydrogen-bond donors (Lipinski definition) is 1. The third kappa shape index (κ3) is 3.13. The van der Waals surface area contributed by atoms with Gasteiger partial charge in [0, 0.05) is 38.3 Å². The highest BCUT2D eigenvalue weighted by atomic mass is 16.2. The molecule has 6 heteroatoms. The van der Waals surface area contributed by atoms with Gasteiger partial charge in [-0.3, -0.25) is 14.4 Å². The predicted octanol–water partition coefficient (Wildman–Crippen LogP) is 1.00. The van der Waals surface area contributed by atoms with Crippen molar-refractivity contribution in [2.75, 3.05) is 31.1 Å². The van der Waals surface area contributed by atoms with Crippen molar-refractivity contribution in [3.05, 3.63) is 29.3 Å². The van der Waals surface area contributed by atoms with Gasteiger partial charge in [-0.05, 0) is 43.5 Å². The molecule has 2 fully saturated rings. The first-order chi connectivity index (χ1) is 11.5. The van der Waals surface area contributed by atoms with Gasteiger partial charge in [-0.2, -0.15) is 0 Å². The van der Waals surface area contributed by atoms with E-state index in [9.17, 15) is 14.4 Å². The Kier molecular flexibility index (Phi) is 4.55. The van der Waals surface area contributed by atoms with Crippen LogP contribution in [0.2, 0.25) is 0 Å². The van der Waals surface area contributed by atoms with Crippen molar-refractivity contribution in [1.29, 1.82) is 0 Å². The van der Waals surface area contributed by atoms with E-state index in [2.05, 4.69) is 5.32 Å². The summed E-state index contributed by atoms with van der Waals surface area (Å²) in [6.45, 7) is 5.92. The molecule has 2 heterocycles. The number of hydrogen-bond acceptors (Lipinski definition) is 3. The van der Waals surface area contributed by atoms with Gasteiger partial charge in [-0.1, -0.05) is 6.07 Å². The highest BCUT2D eigenvalue weighted by molar-refractivity contribution is 6.09. The molecule has 1 unspecified atom stereocenters. The van der Waals surface area contributed by atoms with E-state index in [1.807, 2.05) is 32.0 Å². The molecule has 1 aromatic rings. The molecule has 1 aromatic carbocycles. The Balaban J connectivity index is 1.72. The Bertz CT molecular complexity index is 686. The minimum atomic E-state index is -0.625. The molecule has 2 saturated heterocycles. The van der Waals surface area contributed by atoms with Gasteiger partial charge >= 0.3 is 0 Å². The predicted molar refractivity (Wildman–Crippen MR) is 90.6 cm³/mol. The van der Waals surface area contributed by atoms with Crippen LogP contribution in [-0.4, -0.2) is 48.8 Å². The summed E-state index contributed by atoms with van der Waals surface area (Å²) in [5.74, 6) is -0.950. The first kappa shape index (κ1) is 16.5. The van der Waals surface area contributed by atoms with E-state index < -0.39 is 5.92 Å². The molecule has 0 radical (unpaired) electrons. The molecule has 1 N–H and O–H groups in total. The van der Waals surface area contributed by atoms with Crippen LogP contribution in [-0.2, 0) is 14.4 Å². The Labute approximate surface area is 141 Å². The van der Waals surface area contributed by atoms with E-state index in [-0.39, 0.29) is 17.7 Å². The van der Waals surface area contributed by atoms with Crippen LogP contribution in [0.3, 0.4) is 0 Å². The minimum Gasteiger partial charge on any atom is -0.354 e. The summed E-state index contributed by atoms with van der Waals surface area (Å²) in [6.07, 6.45) is 0.829. The second kappa shape index (κ2) is 6.63. The van der Waals surface area contributed by atoms with Crippen LogP contribution in [0.5, 0.6) is 0 Å². The zero-order valence-electron chi connectivity index (χ0n) is 14.2. The lowest BCUT2D eigenvalue weighted by atomic mass is 10.1. The number of nitrogens with zero attached hydrogens (tertiary/aromatic N) is 2. The summed E-state index contributed by atoms with van der Waals surface area (Å²) in [5, 5.41) is 2.75. The highest BCUT2D eigenvalue weighted by Gasteiger charge is 2.40. The lowest BCUT2D eigenvalue weighted by Crippen LogP contribution is -2.41. The number of aryl methyl sites for hydroxylation is 2. The van der Waals surface area contributed by atoms with E-state index in [0.29, 0.717) is 39.0 Å². The topological polar surface area (TPSA) is 69.7 Å². The van der Waals surface area contributed by atoms with Crippen LogP contribution in [0, 0.1) is 19.8 Å². The molecule has 0 bridgehead atoms. The van der Waals surface area contributed by atoms with Crippen LogP contribution in [0.4, 0.5) is 5.69 Å². The zero-order chi connectivity index (χ0) is 17.3. The second-order valence-corrected chi connectivity index (χ2v) is 6.52. The number of amides is 3. The maximum atomic E-state index is 12.7. The third-order valence-corrected chi connectivity index (χ3v) is 4.93. The van der Waals surface area contributed by atoms with Gasteiger partial charge < -0.3 is 15.1 Å². The number of rotatable bonds is 2. The second-order valence-electron chi connectivity index (χ2n) is 6.52. The summed E-state index contributed by atoms with van der Waals surface area (Å²) >= 11 is 0. The molecule has 0 aromatic heterocycles. The molecule has 0 saturated carbocycles. The lowest BCUT2D eigenvalue weighted by Gasteiger charge is -2.23. The standard InChI is InChI=1S/C18H23N3O3/c1-12-3-4-14(11-13(12)2)21-9-5-15(18(21)24)17(23)20-8-6-16(22)19-7-10-20/h3-4,11,15H,5-10H2,1-2H3,(H,19,22). The SMILES string of the molecule is Cc1ccc(N2CCC(C(=O)N3CCNC(=O)CC3)C2=O)cc1C. The van der Waals surface area contributed by atoms with Crippen LogP contribution in [0.15, 0.2) is 18.2 Å². The Hall–Kier alpha value is -2.37. The molecule has 3 rings (SSSR count). The molecule has 0 spiro atoms. The van der Waals surface area contributed by atoms with Crippen molar-refractivity contribution < 1.29 is 14.4 Å². The molecule has 128 valence electrons. The zero-order valence-corrected chi connectivity index (χ0v) is 14.2. The van der Waals surface area contributed by atoms with Crippen molar-refractivity contribution >= 4 is 23.4 Å². The van der Waals surface area contributed by atoms with Gasteiger partial charge in [0.05, 0.1) is 0 Å². The van der Waals surface area contributed by atoms with Gasteiger partial charge in [-0.15, -0.1) is 0 Å². The molecule has 3 amide bonds. The fourth-order valence-electron chi connectivity index (χ4n) is 3.27. The van der Waals surface area contributed by atoms with Crippen LogP contribution >= 0.6 is 0 Å². The number of nitrogens with one attached hydrogen (secondary N) is 1. The van der Waals surface area contributed by atoms with Gasteiger partial charge in [0.25, 0.3) is 0 Å². The summed E-state index contributed by atoms with van der Waals surface area (Å²) in [5.41, 5.74) is 3.16. The van der Waals surface area contributed by atoms with E-state index in [1.165, 1.54) is 5.56 Å². The molecular formula is C18H23N3O3. The largest absolute Gasteiger partial charge is 0.354 e. The molecule has 0 aliphatic carbocycles. The van der Waals surface area contributed by atoms with Gasteiger partial charge in [0.1, 0.15) is 5.92 Å². The quantitative estimate of drug-likeness (QED) is 0.823. The summed E-state index contributed by atoms with van der Waals surface area (Å²) in [7, 11) is 0. The number of carbonyl (C=O) groups excluding carboxylic acids is 3. The van der Waals surface area contributed by atoms with E-state index in [4.69, 9.17) is 0 Å². The number of anilines is 1. The van der Waals surface area contributed by atoms with Crippen molar-refractivity contribution in [1.82, 2.24) is 10.2 Å². The minimum absolute atomic E-state index is 0.0418. The average molecular weight is 329 g/mol. The Morgan fingerprint density at radius 2 is 1.92 bits per heavy atom. The summed E-state index contributed by atoms with van der Waals surface area (Å²) in [4.78, 5) is 40.2. The average Bonchev–Trinajstić information content (AvgIpc) is 2.80.